The monoisotopic (exact) mass is 308 g/mol. The Labute approximate surface area is 127 Å². The first-order valence-corrected chi connectivity index (χ1v) is 6.29. The first kappa shape index (κ1) is 15.6. The second-order valence-corrected chi connectivity index (χ2v) is 4.62. The Morgan fingerprint density at radius 1 is 1.18 bits per heavy atom. The molecule has 1 aliphatic heterocycles. The molecule has 0 bridgehead atoms. The molecule has 0 aliphatic carbocycles. The number of anilines is 2. The number of carbonyl (C=O) groups excluding carboxylic acids is 2. The average Bonchev–Trinajstić information content (AvgIpc) is 2.52. The van der Waals surface area contributed by atoms with Gasteiger partial charge < -0.3 is 19.1 Å². The Morgan fingerprint density at radius 2 is 1.82 bits per heavy atom. The van der Waals surface area contributed by atoms with E-state index in [9.17, 15) is 14.8 Å². The Hall–Kier alpha value is -2.74. The number of hydrogen-bond acceptors (Lipinski definition) is 8. The number of carbonyl (C=O) groups is 2. The van der Waals surface area contributed by atoms with Crippen molar-refractivity contribution >= 4 is 23.3 Å². The summed E-state index contributed by atoms with van der Waals surface area (Å²) in [5, 5.41) is 10.8. The molecule has 1 N–H and O–H groups in total. The van der Waals surface area contributed by atoms with Crippen molar-refractivity contribution in [1.29, 1.82) is 0 Å². The van der Waals surface area contributed by atoms with Crippen LogP contribution in [-0.2, 0) is 19.1 Å². The van der Waals surface area contributed by atoms with Gasteiger partial charge in [0.2, 0.25) is 11.5 Å². The lowest BCUT2D eigenvalue weighted by Crippen LogP contribution is -2.34. The third kappa shape index (κ3) is 2.56. The van der Waals surface area contributed by atoms with E-state index in [1.807, 2.05) is 19.0 Å². The minimum absolute atomic E-state index is 0.207. The van der Waals surface area contributed by atoms with Crippen LogP contribution in [0.1, 0.15) is 0 Å². The number of hydrogen-bond donors (Lipinski definition) is 1. The number of esters is 2. The summed E-state index contributed by atoms with van der Waals surface area (Å²) in [6.45, 7) is 0. The number of methoxy groups -OCH3 is 2. The van der Waals surface area contributed by atoms with Gasteiger partial charge in [0.1, 0.15) is 5.69 Å². The van der Waals surface area contributed by atoms with Crippen LogP contribution in [0.15, 0.2) is 29.7 Å². The van der Waals surface area contributed by atoms with Gasteiger partial charge in [0.15, 0.2) is 5.75 Å². The van der Waals surface area contributed by atoms with Crippen molar-refractivity contribution in [3.8, 4) is 5.75 Å². The minimum Gasteiger partial charge on any atom is -0.464 e. The molecule has 8 heteroatoms. The number of fused-ring (bicyclic) bond motifs is 1. The molecule has 0 aromatic heterocycles. The lowest BCUT2D eigenvalue weighted by molar-refractivity contribution is -0.142. The van der Waals surface area contributed by atoms with Crippen molar-refractivity contribution in [1.82, 2.24) is 0 Å². The number of nitrogens with zero attached hydrogens (tertiary/aromatic N) is 2. The van der Waals surface area contributed by atoms with E-state index in [-0.39, 0.29) is 11.4 Å². The molecule has 2 rings (SSSR count). The van der Waals surface area contributed by atoms with Crippen molar-refractivity contribution in [2.24, 2.45) is 0 Å². The molecule has 0 spiro atoms. The van der Waals surface area contributed by atoms with Crippen LogP contribution in [0.25, 0.3) is 0 Å². The zero-order chi connectivity index (χ0) is 16.4. The van der Waals surface area contributed by atoms with Gasteiger partial charge in [-0.25, -0.2) is 14.7 Å². The number of benzene rings is 1. The zero-order valence-electron chi connectivity index (χ0n) is 12.6. The molecule has 118 valence electrons. The highest BCUT2D eigenvalue weighted by atomic mass is 16.6. The van der Waals surface area contributed by atoms with Crippen LogP contribution in [0.2, 0.25) is 0 Å². The van der Waals surface area contributed by atoms with Crippen molar-refractivity contribution in [2.45, 2.75) is 0 Å². The van der Waals surface area contributed by atoms with Gasteiger partial charge in [-0.05, 0) is 12.1 Å². The standard InChI is InChI=1S/C14H16N2O6/c1-15(2)8-5-6-9-10(7-8)22-12(14(18)21-4)11(16(9)19)13(17)20-3/h5-7,19H,1-4H3. The van der Waals surface area contributed by atoms with Crippen LogP contribution in [-0.4, -0.2) is 45.5 Å². The van der Waals surface area contributed by atoms with E-state index in [2.05, 4.69) is 9.47 Å². The number of rotatable bonds is 3. The molecule has 1 aliphatic rings. The van der Waals surface area contributed by atoms with E-state index < -0.39 is 23.4 Å². The van der Waals surface area contributed by atoms with Gasteiger partial charge in [-0.1, -0.05) is 0 Å². The lowest BCUT2D eigenvalue weighted by atomic mass is 10.2. The zero-order valence-corrected chi connectivity index (χ0v) is 12.6. The fourth-order valence-electron chi connectivity index (χ4n) is 1.92. The van der Waals surface area contributed by atoms with E-state index in [4.69, 9.17) is 4.74 Å². The fourth-order valence-corrected chi connectivity index (χ4v) is 1.92. The first-order chi connectivity index (χ1) is 10.4. The maximum Gasteiger partial charge on any atom is 0.376 e. The van der Waals surface area contributed by atoms with Gasteiger partial charge in [0.25, 0.3) is 0 Å². The Balaban J connectivity index is 2.57. The smallest absolute Gasteiger partial charge is 0.376 e. The van der Waals surface area contributed by atoms with Gasteiger partial charge in [0.05, 0.1) is 14.2 Å². The highest BCUT2D eigenvalue weighted by molar-refractivity contribution is 6.03. The molecule has 0 saturated carbocycles. The van der Waals surface area contributed by atoms with Gasteiger partial charge in [-0.3, -0.25) is 5.21 Å². The summed E-state index contributed by atoms with van der Waals surface area (Å²) in [6.07, 6.45) is 0. The summed E-state index contributed by atoms with van der Waals surface area (Å²) < 4.78 is 14.6. The van der Waals surface area contributed by atoms with Crippen molar-refractivity contribution in [3.63, 3.8) is 0 Å². The van der Waals surface area contributed by atoms with Crippen LogP contribution in [0, 0.1) is 0 Å². The van der Waals surface area contributed by atoms with Crippen molar-refractivity contribution in [2.75, 3.05) is 38.3 Å². The summed E-state index contributed by atoms with van der Waals surface area (Å²) in [7, 11) is 5.93. The molecular formula is C14H16N2O6. The van der Waals surface area contributed by atoms with Crippen LogP contribution >= 0.6 is 0 Å². The van der Waals surface area contributed by atoms with Gasteiger partial charge in [-0.15, -0.1) is 0 Å². The number of hydroxylamine groups is 1. The van der Waals surface area contributed by atoms with E-state index in [1.54, 1.807) is 18.2 Å². The van der Waals surface area contributed by atoms with Crippen LogP contribution in [0.3, 0.4) is 0 Å². The highest BCUT2D eigenvalue weighted by Gasteiger charge is 2.36. The quantitative estimate of drug-likeness (QED) is 0.824. The lowest BCUT2D eigenvalue weighted by Gasteiger charge is -2.28. The predicted octanol–water partition coefficient (Wildman–Crippen LogP) is 0.898. The second kappa shape index (κ2) is 5.94. The summed E-state index contributed by atoms with van der Waals surface area (Å²) >= 11 is 0. The molecule has 0 fully saturated rings. The van der Waals surface area contributed by atoms with Gasteiger partial charge >= 0.3 is 11.9 Å². The molecule has 0 unspecified atom stereocenters. The molecule has 1 heterocycles. The molecule has 22 heavy (non-hydrogen) atoms. The highest BCUT2D eigenvalue weighted by Crippen LogP contribution is 2.39. The maximum absolute atomic E-state index is 11.8. The topological polar surface area (TPSA) is 88.5 Å². The summed E-state index contributed by atoms with van der Waals surface area (Å²) in [6, 6.07) is 4.90. The molecule has 8 nitrogen and oxygen atoms in total. The summed E-state index contributed by atoms with van der Waals surface area (Å²) in [5.74, 6) is -2.06. The molecule has 1 aromatic carbocycles. The van der Waals surface area contributed by atoms with Gasteiger partial charge in [0, 0.05) is 25.8 Å². The Kier molecular flexibility index (Phi) is 4.22. The predicted molar refractivity (Wildman–Crippen MR) is 76.7 cm³/mol. The normalized spacial score (nSPS) is 13.2. The number of ether oxygens (including phenoxy) is 3. The second-order valence-electron chi connectivity index (χ2n) is 4.62. The van der Waals surface area contributed by atoms with Crippen molar-refractivity contribution in [3.05, 3.63) is 29.7 Å². The Morgan fingerprint density at radius 3 is 2.36 bits per heavy atom. The molecule has 0 atom stereocenters. The SMILES string of the molecule is COC(=O)C1=C(C(=O)OC)N(O)c2ccc(N(C)C)cc2O1. The van der Waals surface area contributed by atoms with E-state index >= 15 is 0 Å². The summed E-state index contributed by atoms with van der Waals surface area (Å²) in [4.78, 5) is 25.4. The summed E-state index contributed by atoms with van der Waals surface area (Å²) in [5.41, 5.74) is 0.552. The molecular weight excluding hydrogens is 292 g/mol. The fraction of sp³-hybridized carbons (Fsp3) is 0.286. The van der Waals surface area contributed by atoms with E-state index in [1.165, 1.54) is 0 Å². The molecule has 0 amide bonds. The van der Waals surface area contributed by atoms with Gasteiger partial charge in [-0.2, -0.15) is 0 Å². The minimum atomic E-state index is -0.926. The third-order valence-corrected chi connectivity index (χ3v) is 3.08. The van der Waals surface area contributed by atoms with Crippen LogP contribution in [0.4, 0.5) is 11.4 Å². The van der Waals surface area contributed by atoms with E-state index in [0.29, 0.717) is 5.06 Å². The average molecular weight is 308 g/mol. The van der Waals surface area contributed by atoms with Crippen LogP contribution in [0.5, 0.6) is 5.75 Å². The molecule has 0 saturated heterocycles. The Bertz CT molecular complexity index is 653. The first-order valence-electron chi connectivity index (χ1n) is 6.29. The van der Waals surface area contributed by atoms with Crippen LogP contribution < -0.4 is 14.7 Å². The maximum atomic E-state index is 11.8. The van der Waals surface area contributed by atoms with E-state index in [0.717, 1.165) is 19.9 Å². The largest absolute Gasteiger partial charge is 0.464 e. The van der Waals surface area contributed by atoms with Crippen molar-refractivity contribution < 1.29 is 29.0 Å². The molecule has 0 radical (unpaired) electrons. The molecule has 1 aromatic rings. The third-order valence-electron chi connectivity index (χ3n) is 3.08.